The van der Waals surface area contributed by atoms with Crippen LogP contribution in [-0.2, 0) is 31.4 Å². The fraction of sp³-hybridized carbons (Fsp3) is 0.538. The summed E-state index contributed by atoms with van der Waals surface area (Å²) in [5.74, 6) is -0.0921. The first-order valence-corrected chi connectivity index (χ1v) is 16.1. The van der Waals surface area contributed by atoms with Crippen LogP contribution in [0.25, 0.3) is 0 Å². The molecule has 0 bridgehead atoms. The van der Waals surface area contributed by atoms with Crippen LogP contribution in [0.2, 0.25) is 0 Å². The molecule has 1 fully saturated rings. The second-order valence-corrected chi connectivity index (χ2v) is 15.5. The van der Waals surface area contributed by atoms with Gasteiger partial charge in [0.05, 0.1) is 10.4 Å². The highest BCUT2D eigenvalue weighted by molar-refractivity contribution is 7.90. The van der Waals surface area contributed by atoms with Gasteiger partial charge in [0.15, 0.2) is 5.60 Å². The van der Waals surface area contributed by atoms with Crippen molar-refractivity contribution < 1.29 is 35.1 Å². The first-order valence-electron chi connectivity index (χ1n) is 12.9. The third kappa shape index (κ3) is 6.93. The van der Waals surface area contributed by atoms with Gasteiger partial charge in [-0.1, -0.05) is 50.2 Å². The number of alkyl halides is 3. The summed E-state index contributed by atoms with van der Waals surface area (Å²) in [7, 11) is -5.29. The average Bonchev–Trinajstić information content (AvgIpc) is 2.87. The lowest BCUT2D eigenvalue weighted by Crippen LogP contribution is -2.64. The maximum Gasteiger partial charge on any atom is 0.421 e. The first kappa shape index (κ1) is 33.8. The summed E-state index contributed by atoms with van der Waals surface area (Å²) in [6.45, 7) is 4.20. The number of hydrogen-bond acceptors (Lipinski definition) is 7. The van der Waals surface area contributed by atoms with Gasteiger partial charge >= 0.3 is 6.18 Å². The maximum absolute atomic E-state index is 13.7. The number of sulfonamides is 1. The van der Waals surface area contributed by atoms with Gasteiger partial charge in [-0.3, -0.25) is 0 Å². The molecule has 2 aromatic rings. The lowest BCUT2D eigenvalue weighted by Gasteiger charge is -2.46. The van der Waals surface area contributed by atoms with Gasteiger partial charge in [0.1, 0.15) is 0 Å². The Hall–Kier alpha value is -1.72. The third-order valence-corrected chi connectivity index (χ3v) is 11.4. The predicted molar refractivity (Wildman–Crippen MR) is 153 cm³/mol. The summed E-state index contributed by atoms with van der Waals surface area (Å²) in [5.41, 5.74) is -4.52. The Balaban J connectivity index is 2.17. The Morgan fingerprint density at radius 2 is 1.66 bits per heavy atom. The molecule has 41 heavy (non-hydrogen) atoms. The summed E-state index contributed by atoms with van der Waals surface area (Å²) in [6, 6.07) is 11.2. The number of thiol groups is 1. The van der Waals surface area contributed by atoms with Crippen molar-refractivity contribution in [3.05, 3.63) is 59.7 Å². The second-order valence-electron chi connectivity index (χ2n) is 10.9. The minimum Gasteiger partial charge on any atom is -0.376 e. The monoisotopic (exact) mass is 638 g/mol. The molecule has 1 saturated heterocycles. The van der Waals surface area contributed by atoms with Crippen LogP contribution >= 0.6 is 12.6 Å². The molecule has 2 aromatic carbocycles. The molecule has 1 aliphatic heterocycles. The molecule has 15 heteroatoms. The first-order chi connectivity index (χ1) is 18.8. The molecule has 0 radical (unpaired) electrons. The number of hydrogen-bond donors (Lipinski definition) is 3. The molecular formula is C26H37F3N4O5S3. The van der Waals surface area contributed by atoms with Gasteiger partial charge in [-0.05, 0) is 36.1 Å². The number of aliphatic hydroxyl groups is 1. The van der Waals surface area contributed by atoms with Crippen LogP contribution in [-0.4, -0.2) is 87.9 Å². The summed E-state index contributed by atoms with van der Waals surface area (Å²) < 4.78 is 98.3. The average molecular weight is 639 g/mol. The van der Waals surface area contributed by atoms with Crippen molar-refractivity contribution in [1.82, 2.24) is 18.2 Å². The van der Waals surface area contributed by atoms with E-state index in [0.717, 1.165) is 16.4 Å². The van der Waals surface area contributed by atoms with Gasteiger partial charge in [-0.2, -0.15) is 34.5 Å². The molecule has 2 atom stereocenters. The largest absolute Gasteiger partial charge is 0.421 e. The van der Waals surface area contributed by atoms with E-state index < -0.39 is 43.1 Å². The van der Waals surface area contributed by atoms with Crippen LogP contribution < -0.4 is 5.32 Å². The number of piperazine rings is 1. The quantitative estimate of drug-likeness (QED) is 0.346. The van der Waals surface area contributed by atoms with E-state index >= 15 is 0 Å². The van der Waals surface area contributed by atoms with E-state index in [-0.39, 0.29) is 48.4 Å². The standard InChI is InChI=1S/C26H37F3N4O5S3/c1-19(2)16-33(41(37,38)31(4)5)18-25(21-12-10-20(11-13-21)24(3,34)26(27,28)29)17-32(15-14-30-25)40(35,36)23-9-7-6-8-22(23)39/h6-13,19,30,34,39H,14-18H2,1-5H3/t24?,25-/m1/s1. The number of nitrogens with zero attached hydrogens (tertiary/aromatic N) is 3. The van der Waals surface area contributed by atoms with Crippen LogP contribution in [0.1, 0.15) is 31.9 Å². The Morgan fingerprint density at radius 3 is 2.17 bits per heavy atom. The van der Waals surface area contributed by atoms with Crippen molar-refractivity contribution >= 4 is 32.9 Å². The molecule has 3 rings (SSSR count). The molecule has 0 amide bonds. The Morgan fingerprint density at radius 1 is 1.07 bits per heavy atom. The van der Waals surface area contributed by atoms with E-state index in [1.165, 1.54) is 40.9 Å². The van der Waals surface area contributed by atoms with Crippen molar-refractivity contribution in [3.8, 4) is 0 Å². The van der Waals surface area contributed by atoms with Gasteiger partial charge in [0.2, 0.25) is 10.0 Å². The Labute approximate surface area is 246 Å². The zero-order valence-electron chi connectivity index (χ0n) is 23.6. The molecule has 1 heterocycles. The van der Waals surface area contributed by atoms with Crippen LogP contribution in [0, 0.1) is 5.92 Å². The molecule has 0 spiro atoms. The van der Waals surface area contributed by atoms with Gasteiger partial charge in [0.25, 0.3) is 10.2 Å². The molecule has 0 aromatic heterocycles. The molecule has 1 aliphatic rings. The minimum atomic E-state index is -4.94. The Bertz CT molecular complexity index is 1430. The Kier molecular flexibility index (Phi) is 9.98. The van der Waals surface area contributed by atoms with Crippen LogP contribution in [0.15, 0.2) is 58.3 Å². The van der Waals surface area contributed by atoms with Crippen molar-refractivity contribution in [1.29, 1.82) is 0 Å². The van der Waals surface area contributed by atoms with E-state index in [9.17, 15) is 35.1 Å². The van der Waals surface area contributed by atoms with Gasteiger partial charge in [-0.25, -0.2) is 8.42 Å². The molecular weight excluding hydrogens is 602 g/mol. The number of nitrogens with one attached hydrogen (secondary N) is 1. The summed E-state index contributed by atoms with van der Waals surface area (Å²) in [6.07, 6.45) is -4.94. The summed E-state index contributed by atoms with van der Waals surface area (Å²) in [4.78, 5) is 0.225. The molecule has 230 valence electrons. The number of halogens is 3. The highest BCUT2D eigenvalue weighted by Gasteiger charge is 2.51. The van der Waals surface area contributed by atoms with Crippen molar-refractivity contribution in [2.45, 2.75) is 47.9 Å². The predicted octanol–water partition coefficient (Wildman–Crippen LogP) is 3.00. The second kappa shape index (κ2) is 12.1. The van der Waals surface area contributed by atoms with Crippen LogP contribution in [0.3, 0.4) is 0 Å². The van der Waals surface area contributed by atoms with Crippen molar-refractivity contribution in [2.24, 2.45) is 5.92 Å². The van der Waals surface area contributed by atoms with E-state index in [0.29, 0.717) is 12.5 Å². The van der Waals surface area contributed by atoms with Gasteiger partial charge in [-0.15, -0.1) is 12.6 Å². The number of benzene rings is 2. The summed E-state index contributed by atoms with van der Waals surface area (Å²) >= 11 is 4.31. The van der Waals surface area contributed by atoms with Crippen LogP contribution in [0.5, 0.6) is 0 Å². The van der Waals surface area contributed by atoms with E-state index in [1.54, 1.807) is 18.2 Å². The molecule has 0 aliphatic carbocycles. The highest BCUT2D eigenvalue weighted by atomic mass is 32.2. The van der Waals surface area contributed by atoms with E-state index in [4.69, 9.17) is 0 Å². The fourth-order valence-electron chi connectivity index (χ4n) is 4.72. The molecule has 1 unspecified atom stereocenters. The normalized spacial score (nSPS) is 21.0. The van der Waals surface area contributed by atoms with Crippen molar-refractivity contribution in [2.75, 3.05) is 46.8 Å². The lowest BCUT2D eigenvalue weighted by molar-refractivity contribution is -0.258. The highest BCUT2D eigenvalue weighted by Crippen LogP contribution is 2.39. The van der Waals surface area contributed by atoms with Crippen LogP contribution in [0.4, 0.5) is 13.2 Å². The lowest BCUT2D eigenvalue weighted by atomic mass is 9.85. The van der Waals surface area contributed by atoms with Crippen molar-refractivity contribution in [3.63, 3.8) is 0 Å². The zero-order valence-corrected chi connectivity index (χ0v) is 26.1. The smallest absolute Gasteiger partial charge is 0.376 e. The third-order valence-electron chi connectivity index (χ3n) is 7.11. The van der Waals surface area contributed by atoms with E-state index in [2.05, 4.69) is 17.9 Å². The van der Waals surface area contributed by atoms with Gasteiger partial charge < -0.3 is 10.4 Å². The molecule has 9 nitrogen and oxygen atoms in total. The zero-order chi connectivity index (χ0) is 31.0. The molecule has 0 saturated carbocycles. The topological polar surface area (TPSA) is 110 Å². The van der Waals surface area contributed by atoms with Gasteiger partial charge in [0, 0.05) is 51.7 Å². The SMILES string of the molecule is CC(C)CN(C[C@@]1(c2ccc(C(C)(O)C(F)(F)F)cc2)CN(S(=O)(=O)c2ccccc2S)CCN1)S(=O)(=O)N(C)C. The molecule has 2 N–H and O–H groups in total. The summed E-state index contributed by atoms with van der Waals surface area (Å²) in [5, 5.41) is 13.5. The minimum absolute atomic E-state index is 0.0179. The fourth-order valence-corrected chi connectivity index (χ4v) is 8.14. The van der Waals surface area contributed by atoms with E-state index in [1.807, 2.05) is 13.8 Å². The maximum atomic E-state index is 13.7. The number of rotatable bonds is 10.